The molecule has 0 spiro atoms. The molecule has 1 unspecified atom stereocenters. The number of methoxy groups -OCH3 is 2. The number of likely N-dealkylation sites (N-methyl/N-ethyl adjacent to an activating group) is 1. The van der Waals surface area contributed by atoms with E-state index in [0.717, 1.165) is 6.29 Å². The molecule has 0 aromatic heterocycles. The number of hydrogen-bond acceptors (Lipinski definition) is 20. The van der Waals surface area contributed by atoms with Crippen molar-refractivity contribution in [3.63, 3.8) is 0 Å². The maximum Gasteiger partial charge on any atom is 0.328 e. The Labute approximate surface area is 422 Å². The quantitative estimate of drug-likeness (QED) is 0.0695. The Kier molecular flexibility index (Phi) is 25.2. The van der Waals surface area contributed by atoms with Gasteiger partial charge in [-0.15, -0.1) is 0 Å². The lowest BCUT2D eigenvalue weighted by atomic mass is 9.79. The van der Waals surface area contributed by atoms with E-state index in [4.69, 9.17) is 52.8 Å². The van der Waals surface area contributed by atoms with Gasteiger partial charge in [0.1, 0.15) is 49.0 Å². The SMILES string of the molecule is CC[C@H]1OC(=O)C[C@@H](O)[C@H](C)[C@@H](O[C@H]2O[C@H](C)[C@@H](O[C@H]3C[C@@](C)(O)[C@@H](O)[C@H](C)O3)[C@H](N(C)C)[C@H]2O)[C@@H](CC=O)C[C@@H](C)C(=O)/C=C/C(C)=C/C1CO[C@@H]1O[C@H](C)[C@@H](O)[C@@H](OC)[C@H]1OC.O=C(O)/C=C/C(=O)O. The van der Waals surface area contributed by atoms with E-state index in [1.807, 2.05) is 19.9 Å². The second-order valence-corrected chi connectivity index (χ2v) is 19.8. The number of ketones is 1. The third-order valence-corrected chi connectivity index (χ3v) is 13.8. The number of aldehydes is 1. The lowest BCUT2D eigenvalue weighted by Gasteiger charge is -2.50. The second-order valence-electron chi connectivity index (χ2n) is 19.8. The van der Waals surface area contributed by atoms with E-state index in [2.05, 4.69) is 0 Å². The van der Waals surface area contributed by atoms with Crippen LogP contribution < -0.4 is 0 Å². The van der Waals surface area contributed by atoms with E-state index < -0.39 is 152 Å². The number of nitrogens with zero attached hydrogens (tertiary/aromatic N) is 1. The third kappa shape index (κ3) is 17.5. The molecule has 0 bridgehead atoms. The van der Waals surface area contributed by atoms with Gasteiger partial charge in [0.05, 0.1) is 55.2 Å². The summed E-state index contributed by atoms with van der Waals surface area (Å²) in [5, 5.41) is 71.4. The lowest BCUT2D eigenvalue weighted by molar-refractivity contribution is -0.341. The Bertz CT molecular complexity index is 1820. The zero-order chi connectivity index (χ0) is 54.4. The van der Waals surface area contributed by atoms with Crippen LogP contribution in [0, 0.1) is 23.7 Å². The fourth-order valence-corrected chi connectivity index (χ4v) is 9.65. The molecule has 412 valence electrons. The van der Waals surface area contributed by atoms with Crippen molar-refractivity contribution >= 4 is 30.0 Å². The van der Waals surface area contributed by atoms with Crippen molar-refractivity contribution in [2.75, 3.05) is 34.9 Å². The van der Waals surface area contributed by atoms with E-state index in [1.54, 1.807) is 59.7 Å². The molecule has 0 saturated carbocycles. The number of aliphatic hydroxyl groups is 5. The fraction of sp³-hybridized carbons (Fsp3) is 0.780. The van der Waals surface area contributed by atoms with Crippen LogP contribution in [-0.4, -0.2) is 209 Å². The molecule has 3 saturated heterocycles. The number of ether oxygens (including phenoxy) is 9. The number of allylic oxidation sites excluding steroid dienone is 3. The zero-order valence-corrected chi connectivity index (χ0v) is 43.5. The molecular weight excluding hydrogens is 951 g/mol. The van der Waals surface area contributed by atoms with Crippen LogP contribution in [0.1, 0.15) is 87.5 Å². The molecule has 0 aromatic carbocycles. The Morgan fingerprint density at radius 2 is 1.44 bits per heavy atom. The Morgan fingerprint density at radius 1 is 0.833 bits per heavy atom. The van der Waals surface area contributed by atoms with Gasteiger partial charge in [-0.25, -0.2) is 9.59 Å². The molecule has 72 heavy (non-hydrogen) atoms. The van der Waals surface area contributed by atoms with E-state index >= 15 is 0 Å². The third-order valence-electron chi connectivity index (χ3n) is 13.8. The summed E-state index contributed by atoms with van der Waals surface area (Å²) in [4.78, 5) is 60.6. The molecule has 0 aromatic rings. The predicted molar refractivity (Wildman–Crippen MR) is 255 cm³/mol. The van der Waals surface area contributed by atoms with E-state index in [9.17, 15) is 49.5 Å². The summed E-state index contributed by atoms with van der Waals surface area (Å²) in [5.41, 5.74) is -0.806. The second kappa shape index (κ2) is 28.9. The molecular formula is C50H81NO21. The maximum absolute atomic E-state index is 13.8. The molecule has 22 heteroatoms. The van der Waals surface area contributed by atoms with Crippen molar-refractivity contribution in [1.29, 1.82) is 0 Å². The van der Waals surface area contributed by atoms with Gasteiger partial charge in [-0.2, -0.15) is 0 Å². The first kappa shape index (κ1) is 62.7. The minimum absolute atomic E-state index is 0.00788. The summed E-state index contributed by atoms with van der Waals surface area (Å²) >= 11 is 0. The first-order valence-electron chi connectivity index (χ1n) is 24.4. The first-order valence-corrected chi connectivity index (χ1v) is 24.4. The standard InChI is InChI=1S/C46H77NO17.C4H4O4/c1-13-33-30(22-58-45-42(57-12)41(56-11)37(52)26(5)60-45)18-23(2)14-15-31(49)24(3)19-29(16-17-48)39(25(4)32(50)20-34(51)62-33)64-44-38(53)36(47(9)10)40(27(6)61-44)63-35-21-46(8,55)43(54)28(7)59-35;5-3(6)1-2-4(7)8/h14-15,17-18,24-30,32-33,35-45,50,52-55H,13,16,19-22H2,1-12H3;1-2H,(H,5,6)(H,7,8)/b15-14+,23-18+;2-1+/t24-,25+,26-,27-,28+,29+,30?,32-,33-,35+,36-,37-,38-,39-,40-,41-,42-,43+,44-,45-,46-;/m1./s1. The van der Waals surface area contributed by atoms with Crippen LogP contribution in [0.2, 0.25) is 0 Å². The monoisotopic (exact) mass is 1030 g/mol. The number of esters is 1. The van der Waals surface area contributed by atoms with Gasteiger partial charge >= 0.3 is 17.9 Å². The van der Waals surface area contributed by atoms with Gasteiger partial charge in [-0.3, -0.25) is 9.59 Å². The lowest BCUT2D eigenvalue weighted by Crippen LogP contribution is -2.65. The largest absolute Gasteiger partial charge is 0.478 e. The first-order chi connectivity index (χ1) is 33.7. The number of carboxylic acids is 2. The van der Waals surface area contributed by atoms with Crippen molar-refractivity contribution < 1.29 is 102 Å². The number of carbonyl (C=O) groups excluding carboxylic acids is 3. The fourth-order valence-electron chi connectivity index (χ4n) is 9.65. The van der Waals surface area contributed by atoms with Gasteiger partial charge in [0.2, 0.25) is 0 Å². The van der Waals surface area contributed by atoms with Crippen LogP contribution in [0.5, 0.6) is 0 Å². The molecule has 0 amide bonds. The highest BCUT2D eigenvalue weighted by molar-refractivity contribution is 5.92. The van der Waals surface area contributed by atoms with E-state index in [-0.39, 0.29) is 31.7 Å². The number of carboxylic acid groups (broad SMARTS) is 2. The number of carbonyl (C=O) groups is 5. The van der Waals surface area contributed by atoms with Crippen LogP contribution in [0.4, 0.5) is 0 Å². The molecule has 0 radical (unpaired) electrons. The van der Waals surface area contributed by atoms with Crippen LogP contribution in [0.3, 0.4) is 0 Å². The number of aliphatic hydroxyl groups excluding tert-OH is 4. The molecule has 4 aliphatic rings. The predicted octanol–water partition coefficient (Wildman–Crippen LogP) is 1.55. The van der Waals surface area contributed by atoms with Gasteiger partial charge < -0.3 is 88.1 Å². The van der Waals surface area contributed by atoms with E-state index in [1.165, 1.54) is 27.2 Å². The van der Waals surface area contributed by atoms with Crippen molar-refractivity contribution in [1.82, 2.24) is 4.90 Å². The summed E-state index contributed by atoms with van der Waals surface area (Å²) in [6, 6.07) is -0.748. The molecule has 4 heterocycles. The summed E-state index contributed by atoms with van der Waals surface area (Å²) in [6.07, 6.45) is -7.37. The van der Waals surface area contributed by atoms with Gasteiger partial charge in [-0.1, -0.05) is 38.5 Å². The van der Waals surface area contributed by atoms with Crippen molar-refractivity contribution in [2.24, 2.45) is 23.7 Å². The zero-order valence-electron chi connectivity index (χ0n) is 43.5. The molecule has 22 nitrogen and oxygen atoms in total. The summed E-state index contributed by atoms with van der Waals surface area (Å²) in [6.45, 7) is 13.6. The Hall–Kier alpha value is -3.59. The van der Waals surface area contributed by atoms with Crippen molar-refractivity contribution in [3.05, 3.63) is 36.0 Å². The van der Waals surface area contributed by atoms with E-state index in [0.29, 0.717) is 24.1 Å². The highest BCUT2D eigenvalue weighted by Crippen LogP contribution is 2.37. The molecule has 0 aliphatic carbocycles. The van der Waals surface area contributed by atoms with Crippen LogP contribution >= 0.6 is 0 Å². The van der Waals surface area contributed by atoms with Gasteiger partial charge in [0, 0.05) is 57.0 Å². The number of aliphatic carboxylic acids is 2. The molecule has 3 fully saturated rings. The van der Waals surface area contributed by atoms with Crippen molar-refractivity contribution in [2.45, 2.75) is 191 Å². The molecule has 4 aliphatic heterocycles. The highest BCUT2D eigenvalue weighted by Gasteiger charge is 2.52. The van der Waals surface area contributed by atoms with Crippen LogP contribution in [0.15, 0.2) is 36.0 Å². The van der Waals surface area contributed by atoms with Gasteiger partial charge in [0.25, 0.3) is 0 Å². The average molecular weight is 1030 g/mol. The maximum atomic E-state index is 13.8. The molecule has 4 rings (SSSR count). The number of rotatable bonds is 15. The number of hydrogen-bond donors (Lipinski definition) is 7. The topological polar surface area (TPSA) is 313 Å². The summed E-state index contributed by atoms with van der Waals surface area (Å²) < 4.78 is 54.7. The molecule has 21 atom stereocenters. The summed E-state index contributed by atoms with van der Waals surface area (Å²) in [5.74, 6) is -6.10. The molecule has 7 N–H and O–H groups in total. The van der Waals surface area contributed by atoms with Crippen LogP contribution in [-0.2, 0) is 66.6 Å². The smallest absolute Gasteiger partial charge is 0.328 e. The minimum atomic E-state index is -1.49. The van der Waals surface area contributed by atoms with Gasteiger partial charge in [0.15, 0.2) is 24.7 Å². The summed E-state index contributed by atoms with van der Waals surface area (Å²) in [7, 11) is 6.43. The highest BCUT2D eigenvalue weighted by atomic mass is 16.7. The van der Waals surface area contributed by atoms with Crippen molar-refractivity contribution in [3.8, 4) is 0 Å². The normalized spacial score (nSPS) is 41.9. The average Bonchev–Trinajstić information content (AvgIpc) is 3.30. The Balaban J connectivity index is 0.00000157. The number of cyclic esters (lactones) is 1. The minimum Gasteiger partial charge on any atom is -0.478 e. The van der Waals surface area contributed by atoms with Crippen LogP contribution in [0.25, 0.3) is 0 Å². The van der Waals surface area contributed by atoms with Gasteiger partial charge in [-0.05, 0) is 73.5 Å². The Morgan fingerprint density at radius 3 is 1.99 bits per heavy atom.